The second kappa shape index (κ2) is 5.40. The van der Waals surface area contributed by atoms with Gasteiger partial charge in [0.1, 0.15) is 5.65 Å². The number of allylic oxidation sites excluding steroid dienone is 2. The van der Waals surface area contributed by atoms with Gasteiger partial charge in [-0.3, -0.25) is 23.7 Å². The first-order valence-electron chi connectivity index (χ1n) is 8.04. The van der Waals surface area contributed by atoms with Crippen molar-refractivity contribution < 1.29 is 9.59 Å². The molecule has 2 aliphatic rings. The number of fused-ring (bicyclic) bond motifs is 2. The van der Waals surface area contributed by atoms with Crippen LogP contribution in [-0.4, -0.2) is 26.1 Å². The van der Waals surface area contributed by atoms with E-state index in [1.54, 1.807) is 6.20 Å². The number of aryl methyl sites for hydroxylation is 1. The molecule has 0 radical (unpaired) electrons. The van der Waals surface area contributed by atoms with Crippen LogP contribution in [0.1, 0.15) is 24.1 Å². The Labute approximate surface area is 138 Å². The Bertz CT molecular complexity index is 918. The molecular formula is C18H17N3O3. The fraction of sp³-hybridized carbons (Fsp3) is 0.333. The summed E-state index contributed by atoms with van der Waals surface area (Å²) in [5, 5.41) is 0. The number of nitrogens with zero attached hydrogens (tertiary/aromatic N) is 3. The first-order valence-corrected chi connectivity index (χ1v) is 8.04. The highest BCUT2D eigenvalue weighted by Crippen LogP contribution is 2.35. The highest BCUT2D eigenvalue weighted by Gasteiger charge is 2.47. The number of likely N-dealkylation sites (tertiary alicyclic amines) is 1. The third-order valence-corrected chi connectivity index (χ3v) is 4.79. The monoisotopic (exact) mass is 323 g/mol. The maximum atomic E-state index is 12.5. The van der Waals surface area contributed by atoms with Crippen molar-refractivity contribution in [1.29, 1.82) is 0 Å². The van der Waals surface area contributed by atoms with E-state index in [0.29, 0.717) is 24.2 Å². The zero-order valence-electron chi connectivity index (χ0n) is 13.3. The fourth-order valence-electron chi connectivity index (χ4n) is 3.52. The average molecular weight is 323 g/mol. The predicted octanol–water partition coefficient (Wildman–Crippen LogP) is 1.45. The SMILES string of the molecule is Cc1ccn2c(=O)cc(CN3C(=O)C4CC=CCC4C3=O)nc2c1. The Balaban J connectivity index is 1.68. The molecule has 2 unspecified atom stereocenters. The topological polar surface area (TPSA) is 71.8 Å². The lowest BCUT2D eigenvalue weighted by molar-refractivity contribution is -0.140. The van der Waals surface area contributed by atoms with Crippen LogP contribution in [0.5, 0.6) is 0 Å². The summed E-state index contributed by atoms with van der Waals surface area (Å²) >= 11 is 0. The molecular weight excluding hydrogens is 306 g/mol. The van der Waals surface area contributed by atoms with E-state index in [-0.39, 0.29) is 35.8 Å². The smallest absolute Gasteiger partial charge is 0.258 e. The third kappa shape index (κ3) is 2.26. The number of aromatic nitrogens is 2. The summed E-state index contributed by atoms with van der Waals surface area (Å²) < 4.78 is 1.45. The summed E-state index contributed by atoms with van der Waals surface area (Å²) in [5.41, 5.74) is 1.74. The van der Waals surface area contributed by atoms with Crippen LogP contribution < -0.4 is 5.56 Å². The number of rotatable bonds is 2. The lowest BCUT2D eigenvalue weighted by atomic mass is 9.85. The molecule has 1 saturated heterocycles. The number of hydrogen-bond acceptors (Lipinski definition) is 4. The van der Waals surface area contributed by atoms with Gasteiger partial charge in [-0.2, -0.15) is 0 Å². The Morgan fingerprint density at radius 3 is 2.42 bits per heavy atom. The Morgan fingerprint density at radius 1 is 1.08 bits per heavy atom. The van der Waals surface area contributed by atoms with Gasteiger partial charge < -0.3 is 0 Å². The molecule has 2 aromatic rings. The van der Waals surface area contributed by atoms with Crippen molar-refractivity contribution >= 4 is 17.5 Å². The van der Waals surface area contributed by atoms with Crippen LogP contribution in [0, 0.1) is 18.8 Å². The minimum atomic E-state index is -0.258. The molecule has 0 bridgehead atoms. The van der Waals surface area contributed by atoms with Crippen molar-refractivity contribution in [3.05, 3.63) is 58.2 Å². The summed E-state index contributed by atoms with van der Waals surface area (Å²) in [6, 6.07) is 5.03. The molecule has 2 atom stereocenters. The van der Waals surface area contributed by atoms with Gasteiger partial charge in [-0.05, 0) is 37.5 Å². The minimum Gasteiger partial charge on any atom is -0.276 e. The Kier molecular flexibility index (Phi) is 3.33. The highest BCUT2D eigenvalue weighted by molar-refractivity contribution is 6.05. The third-order valence-electron chi connectivity index (χ3n) is 4.79. The molecule has 1 aliphatic carbocycles. The van der Waals surface area contributed by atoms with E-state index in [4.69, 9.17) is 0 Å². The lowest BCUT2D eigenvalue weighted by Crippen LogP contribution is -2.31. The van der Waals surface area contributed by atoms with E-state index in [1.807, 2.05) is 31.2 Å². The molecule has 3 heterocycles. The quantitative estimate of drug-likeness (QED) is 0.619. The van der Waals surface area contributed by atoms with Crippen LogP contribution in [0.4, 0.5) is 0 Å². The van der Waals surface area contributed by atoms with Crippen LogP contribution in [-0.2, 0) is 16.1 Å². The summed E-state index contributed by atoms with van der Waals surface area (Å²) in [5.74, 6) is -0.821. The molecule has 0 spiro atoms. The standard InChI is InChI=1S/C18H17N3O3/c1-11-6-7-20-15(8-11)19-12(9-16(20)22)10-21-17(23)13-4-2-3-5-14(13)18(21)24/h2-3,6-9,13-14H,4-5,10H2,1H3. The lowest BCUT2D eigenvalue weighted by Gasteiger charge is -2.14. The van der Waals surface area contributed by atoms with Crippen molar-refractivity contribution in [1.82, 2.24) is 14.3 Å². The van der Waals surface area contributed by atoms with Gasteiger partial charge in [-0.15, -0.1) is 0 Å². The van der Waals surface area contributed by atoms with Crippen molar-refractivity contribution in [3.8, 4) is 0 Å². The average Bonchev–Trinajstić information content (AvgIpc) is 2.80. The number of carbonyl (C=O) groups excluding carboxylic acids is 2. The van der Waals surface area contributed by atoms with Crippen molar-refractivity contribution in [2.24, 2.45) is 11.8 Å². The molecule has 1 fully saturated rings. The molecule has 0 aromatic carbocycles. The molecule has 0 N–H and O–H groups in total. The van der Waals surface area contributed by atoms with E-state index in [9.17, 15) is 14.4 Å². The maximum absolute atomic E-state index is 12.5. The molecule has 2 aromatic heterocycles. The largest absolute Gasteiger partial charge is 0.276 e. The summed E-state index contributed by atoms with van der Waals surface area (Å²) in [7, 11) is 0. The van der Waals surface area contributed by atoms with Gasteiger partial charge in [0, 0.05) is 12.3 Å². The maximum Gasteiger partial charge on any atom is 0.258 e. The summed E-state index contributed by atoms with van der Waals surface area (Å²) in [6.45, 7) is 1.98. The zero-order valence-corrected chi connectivity index (χ0v) is 13.3. The molecule has 6 nitrogen and oxygen atoms in total. The Hall–Kier alpha value is -2.76. The van der Waals surface area contributed by atoms with Gasteiger partial charge in [-0.1, -0.05) is 12.2 Å². The van der Waals surface area contributed by atoms with Crippen molar-refractivity contribution in [2.45, 2.75) is 26.3 Å². The molecule has 2 amide bonds. The minimum absolute atomic E-state index is 0.0599. The number of pyridine rings is 1. The van der Waals surface area contributed by atoms with Crippen LogP contribution in [0.15, 0.2) is 41.3 Å². The van der Waals surface area contributed by atoms with E-state index in [1.165, 1.54) is 15.4 Å². The molecule has 0 saturated carbocycles. The van der Waals surface area contributed by atoms with E-state index in [2.05, 4.69) is 4.98 Å². The summed E-state index contributed by atoms with van der Waals surface area (Å²) in [4.78, 5) is 43.0. The highest BCUT2D eigenvalue weighted by atomic mass is 16.2. The molecule has 1 aliphatic heterocycles. The van der Waals surface area contributed by atoms with Crippen LogP contribution in [0.2, 0.25) is 0 Å². The number of hydrogen-bond donors (Lipinski definition) is 0. The zero-order chi connectivity index (χ0) is 16.8. The van der Waals surface area contributed by atoms with E-state index >= 15 is 0 Å². The van der Waals surface area contributed by atoms with Crippen LogP contribution in [0.25, 0.3) is 5.65 Å². The van der Waals surface area contributed by atoms with Crippen molar-refractivity contribution in [3.63, 3.8) is 0 Å². The normalized spacial score (nSPS) is 23.1. The molecule has 122 valence electrons. The van der Waals surface area contributed by atoms with Gasteiger partial charge >= 0.3 is 0 Å². The van der Waals surface area contributed by atoms with Gasteiger partial charge in [0.05, 0.1) is 24.1 Å². The fourth-order valence-corrected chi connectivity index (χ4v) is 3.52. The van der Waals surface area contributed by atoms with Gasteiger partial charge in [-0.25, -0.2) is 4.98 Å². The van der Waals surface area contributed by atoms with Gasteiger partial charge in [0.25, 0.3) is 5.56 Å². The molecule has 4 rings (SSSR count). The number of amides is 2. The second-order valence-corrected chi connectivity index (χ2v) is 6.44. The van der Waals surface area contributed by atoms with E-state index < -0.39 is 0 Å². The van der Waals surface area contributed by atoms with Crippen molar-refractivity contribution in [2.75, 3.05) is 0 Å². The summed E-state index contributed by atoms with van der Waals surface area (Å²) in [6.07, 6.45) is 6.81. The van der Waals surface area contributed by atoms with Gasteiger partial charge in [0.15, 0.2) is 0 Å². The number of imide groups is 1. The molecule has 6 heteroatoms. The number of carbonyl (C=O) groups is 2. The Morgan fingerprint density at radius 2 is 1.75 bits per heavy atom. The van der Waals surface area contributed by atoms with Gasteiger partial charge in [0.2, 0.25) is 11.8 Å². The first-order chi connectivity index (χ1) is 11.5. The molecule has 24 heavy (non-hydrogen) atoms. The van der Waals surface area contributed by atoms with E-state index in [0.717, 1.165) is 5.56 Å². The predicted molar refractivity (Wildman–Crippen MR) is 87.1 cm³/mol. The first kappa shape index (κ1) is 14.8. The van der Waals surface area contributed by atoms with Crippen LogP contribution in [0.3, 0.4) is 0 Å². The van der Waals surface area contributed by atoms with Crippen LogP contribution >= 0.6 is 0 Å². The second-order valence-electron chi connectivity index (χ2n) is 6.44.